The second kappa shape index (κ2) is 3.94. The lowest BCUT2D eigenvalue weighted by Crippen LogP contribution is -2.27. The molecule has 1 heterocycles. The zero-order valence-electron chi connectivity index (χ0n) is 8.14. The molecule has 0 saturated heterocycles. The van der Waals surface area contributed by atoms with Gasteiger partial charge in [0.1, 0.15) is 0 Å². The molecule has 2 aromatic rings. The number of halogens is 1. The molecule has 1 N–H and O–H groups in total. The van der Waals surface area contributed by atoms with Gasteiger partial charge in [-0.3, -0.25) is 4.57 Å². The van der Waals surface area contributed by atoms with Gasteiger partial charge in [-0.2, -0.15) is 0 Å². The van der Waals surface area contributed by atoms with Crippen molar-refractivity contribution < 1.29 is 0 Å². The van der Waals surface area contributed by atoms with Crippen LogP contribution in [0.1, 0.15) is 0 Å². The van der Waals surface area contributed by atoms with E-state index in [1.165, 1.54) is 4.68 Å². The minimum Gasteiger partial charge on any atom is -0.325 e. The lowest BCUT2D eigenvalue weighted by Gasteiger charge is -2.01. The van der Waals surface area contributed by atoms with Crippen LogP contribution >= 0.6 is 15.9 Å². The van der Waals surface area contributed by atoms with Crippen molar-refractivity contribution >= 4 is 15.9 Å². The molecule has 0 aliphatic heterocycles. The molecule has 5 heteroatoms. The van der Waals surface area contributed by atoms with Crippen LogP contribution in [0.25, 0.3) is 5.69 Å². The van der Waals surface area contributed by atoms with E-state index in [0.29, 0.717) is 0 Å². The third-order valence-electron chi connectivity index (χ3n) is 2.12. The largest absolute Gasteiger partial charge is 0.351 e. The Kier molecular flexibility index (Phi) is 2.64. The van der Waals surface area contributed by atoms with Crippen LogP contribution in [-0.4, -0.2) is 16.3 Å². The molecule has 0 aliphatic carbocycles. The van der Waals surface area contributed by atoms with Gasteiger partial charge in [0.25, 0.3) is 0 Å². The maximum atomic E-state index is 11.7. The van der Waals surface area contributed by atoms with Crippen molar-refractivity contribution in [3.63, 3.8) is 0 Å². The third kappa shape index (κ3) is 1.83. The van der Waals surface area contributed by atoms with Crippen LogP contribution in [0, 0.1) is 0 Å². The van der Waals surface area contributed by atoms with Crippen LogP contribution in [0.4, 0.5) is 0 Å². The van der Waals surface area contributed by atoms with Crippen molar-refractivity contribution in [3.8, 4) is 5.69 Å². The maximum Gasteiger partial charge on any atom is 0.351 e. The summed E-state index contributed by atoms with van der Waals surface area (Å²) in [5, 5.41) is 0. The molecule has 0 radical (unpaired) electrons. The monoisotopic (exact) mass is 267 g/mol. The predicted octanol–water partition coefficient (Wildman–Crippen LogP) is 1.57. The van der Waals surface area contributed by atoms with Gasteiger partial charge >= 0.3 is 5.69 Å². The van der Waals surface area contributed by atoms with Gasteiger partial charge in [-0.15, -0.1) is 0 Å². The molecular formula is C10H10BrN3O. The van der Waals surface area contributed by atoms with Crippen molar-refractivity contribution in [2.45, 2.75) is 0 Å². The van der Waals surface area contributed by atoms with E-state index in [1.54, 1.807) is 24.0 Å². The Morgan fingerprint density at radius 3 is 2.40 bits per heavy atom. The highest BCUT2D eigenvalue weighted by Gasteiger charge is 2.03. The molecule has 1 aromatic carbocycles. The van der Waals surface area contributed by atoms with Crippen molar-refractivity contribution in [3.05, 3.63) is 51.6 Å². The van der Waals surface area contributed by atoms with E-state index >= 15 is 0 Å². The van der Waals surface area contributed by atoms with Crippen molar-refractivity contribution in [2.24, 2.45) is 0 Å². The normalized spacial score (nSPS) is 10.3. The van der Waals surface area contributed by atoms with Crippen molar-refractivity contribution in [1.29, 1.82) is 0 Å². The Balaban J connectivity index is 2.50. The van der Waals surface area contributed by atoms with Gasteiger partial charge in [0.15, 0.2) is 0 Å². The Hall–Kier alpha value is -1.49. The number of imidazole rings is 1. The second-order valence-electron chi connectivity index (χ2n) is 3.02. The van der Waals surface area contributed by atoms with E-state index in [-0.39, 0.29) is 5.69 Å². The third-order valence-corrected chi connectivity index (χ3v) is 2.65. The number of benzene rings is 1. The summed E-state index contributed by atoms with van der Waals surface area (Å²) in [7, 11) is 1.70. The number of aromatic nitrogens is 2. The number of hydrogen-bond acceptors (Lipinski definition) is 2. The first-order valence-electron chi connectivity index (χ1n) is 4.46. The van der Waals surface area contributed by atoms with Gasteiger partial charge in [0.05, 0.1) is 5.69 Å². The molecule has 15 heavy (non-hydrogen) atoms. The fourth-order valence-corrected chi connectivity index (χ4v) is 1.61. The van der Waals surface area contributed by atoms with Gasteiger partial charge in [-0.1, -0.05) is 15.9 Å². The minimum atomic E-state index is -0.111. The summed E-state index contributed by atoms with van der Waals surface area (Å²) in [5.74, 6) is 0. The first-order valence-corrected chi connectivity index (χ1v) is 5.25. The highest BCUT2D eigenvalue weighted by atomic mass is 79.9. The molecule has 4 nitrogen and oxygen atoms in total. The molecule has 0 fully saturated rings. The Labute approximate surface area is 95.3 Å². The van der Waals surface area contributed by atoms with Crippen LogP contribution in [-0.2, 0) is 0 Å². The SMILES string of the molecule is CNn1ccn(-c2ccc(Br)cc2)c1=O. The average Bonchev–Trinajstić information content (AvgIpc) is 2.61. The summed E-state index contributed by atoms with van der Waals surface area (Å²) in [6, 6.07) is 7.56. The second-order valence-corrected chi connectivity index (χ2v) is 3.94. The van der Waals surface area contributed by atoms with Gasteiger partial charge < -0.3 is 5.43 Å². The molecule has 1 aromatic heterocycles. The Morgan fingerprint density at radius 1 is 1.20 bits per heavy atom. The predicted molar refractivity (Wildman–Crippen MR) is 63.0 cm³/mol. The van der Waals surface area contributed by atoms with Crippen LogP contribution in [0.15, 0.2) is 45.9 Å². The highest BCUT2D eigenvalue weighted by molar-refractivity contribution is 9.10. The van der Waals surface area contributed by atoms with Crippen molar-refractivity contribution in [2.75, 3.05) is 12.5 Å². The molecule has 0 unspecified atom stereocenters. The fourth-order valence-electron chi connectivity index (χ4n) is 1.35. The molecule has 0 spiro atoms. The van der Waals surface area contributed by atoms with Crippen molar-refractivity contribution in [1.82, 2.24) is 9.24 Å². The van der Waals surface area contributed by atoms with Crippen LogP contribution in [0.2, 0.25) is 0 Å². The molecule has 0 aliphatic rings. The smallest absolute Gasteiger partial charge is 0.325 e. The van der Waals surface area contributed by atoms with Gasteiger partial charge in [0.2, 0.25) is 0 Å². The summed E-state index contributed by atoms with van der Waals surface area (Å²) >= 11 is 3.35. The van der Waals surface area contributed by atoms with Crippen LogP contribution in [0.3, 0.4) is 0 Å². The molecule has 0 atom stereocenters. The summed E-state index contributed by atoms with van der Waals surface area (Å²) in [4.78, 5) is 11.7. The summed E-state index contributed by atoms with van der Waals surface area (Å²) in [6.45, 7) is 0. The number of nitrogens with zero attached hydrogens (tertiary/aromatic N) is 2. The highest BCUT2D eigenvalue weighted by Crippen LogP contribution is 2.12. The minimum absolute atomic E-state index is 0.111. The first-order chi connectivity index (χ1) is 7.22. The molecule has 78 valence electrons. The van der Waals surface area contributed by atoms with Crippen LogP contribution < -0.4 is 11.1 Å². The van der Waals surface area contributed by atoms with Gasteiger partial charge in [-0.05, 0) is 24.3 Å². The zero-order valence-corrected chi connectivity index (χ0v) is 9.73. The standard InChI is InChI=1S/C10H10BrN3O/c1-12-14-7-6-13(10(14)15)9-4-2-8(11)3-5-9/h2-7,12H,1H3. The van der Waals surface area contributed by atoms with E-state index in [4.69, 9.17) is 0 Å². The average molecular weight is 268 g/mol. The van der Waals surface area contributed by atoms with Crippen LogP contribution in [0.5, 0.6) is 0 Å². The van der Waals surface area contributed by atoms with Gasteiger partial charge in [0, 0.05) is 23.9 Å². The lowest BCUT2D eigenvalue weighted by molar-refractivity contribution is 0.835. The number of hydrogen-bond donors (Lipinski definition) is 1. The molecule has 0 saturated carbocycles. The van der Waals surface area contributed by atoms with E-state index in [9.17, 15) is 4.79 Å². The quantitative estimate of drug-likeness (QED) is 0.898. The first kappa shape index (κ1) is 10.0. The molecular weight excluding hydrogens is 258 g/mol. The van der Waals surface area contributed by atoms with E-state index < -0.39 is 0 Å². The summed E-state index contributed by atoms with van der Waals surface area (Å²) < 4.78 is 3.98. The van der Waals surface area contributed by atoms with E-state index in [0.717, 1.165) is 10.2 Å². The Morgan fingerprint density at radius 2 is 1.87 bits per heavy atom. The molecule has 0 bridgehead atoms. The fraction of sp³-hybridized carbons (Fsp3) is 0.100. The topological polar surface area (TPSA) is 39.0 Å². The number of nitrogens with one attached hydrogen (secondary N) is 1. The van der Waals surface area contributed by atoms with E-state index in [2.05, 4.69) is 21.4 Å². The molecule has 0 amide bonds. The zero-order chi connectivity index (χ0) is 10.8. The van der Waals surface area contributed by atoms with E-state index in [1.807, 2.05) is 24.3 Å². The maximum absolute atomic E-state index is 11.7. The summed E-state index contributed by atoms with van der Waals surface area (Å²) in [5.41, 5.74) is 3.50. The summed E-state index contributed by atoms with van der Waals surface area (Å²) in [6.07, 6.45) is 3.41. The lowest BCUT2D eigenvalue weighted by atomic mass is 10.3. The Bertz CT molecular complexity index is 512. The molecule has 2 rings (SSSR count). The number of rotatable bonds is 2. The van der Waals surface area contributed by atoms with Gasteiger partial charge in [-0.25, -0.2) is 9.47 Å².